The molecule has 0 fully saturated rings. The Bertz CT molecular complexity index is 394. The van der Waals surface area contributed by atoms with Crippen molar-refractivity contribution < 1.29 is 6.48 Å². The number of aliphatic hydroxyl groups is 1. The molecule has 0 aliphatic rings. The van der Waals surface area contributed by atoms with E-state index in [0.717, 1.165) is 17.5 Å². The summed E-state index contributed by atoms with van der Waals surface area (Å²) in [5, 5.41) is 10.0. The molecule has 0 saturated heterocycles. The van der Waals surface area contributed by atoms with Crippen LogP contribution in [-0.2, 0) is 5.41 Å². The lowest BCUT2D eigenvalue weighted by atomic mass is 9.85. The topological polar surface area (TPSA) is 33.1 Å². The second-order valence-corrected chi connectivity index (χ2v) is 5.33. The average Bonchev–Trinajstić information content (AvgIpc) is 2.15. The Morgan fingerprint density at radius 3 is 2.56 bits per heavy atom. The Balaban J connectivity index is 3.13. The largest absolute Gasteiger partial charge is 0.387 e. The van der Waals surface area contributed by atoms with Gasteiger partial charge in [0.1, 0.15) is 0 Å². The summed E-state index contributed by atoms with van der Waals surface area (Å²) in [6, 6.07) is 1.84. The van der Waals surface area contributed by atoms with Crippen molar-refractivity contribution in [1.82, 2.24) is 4.98 Å². The van der Waals surface area contributed by atoms with E-state index in [0.29, 0.717) is 12.1 Å². The van der Waals surface area contributed by atoms with Crippen LogP contribution in [0.4, 0.5) is 0 Å². The molecule has 1 heterocycles. The van der Waals surface area contributed by atoms with Crippen LogP contribution in [0.5, 0.6) is 0 Å². The highest BCUT2D eigenvalue weighted by Crippen LogP contribution is 2.27. The van der Waals surface area contributed by atoms with Gasteiger partial charge in [-0.3, -0.25) is 4.98 Å². The fraction of sp³-hybridized carbons (Fsp3) is 0.643. The Morgan fingerprint density at radius 1 is 1.50 bits per heavy atom. The van der Waals surface area contributed by atoms with E-state index in [4.69, 9.17) is 1.37 Å². The van der Waals surface area contributed by atoms with Crippen LogP contribution in [0, 0.1) is 6.92 Å². The molecule has 0 aliphatic carbocycles. The zero-order chi connectivity index (χ0) is 13.3. The average molecular weight is 222 g/mol. The fourth-order valence-electron chi connectivity index (χ4n) is 1.86. The van der Waals surface area contributed by atoms with E-state index in [2.05, 4.69) is 25.8 Å². The predicted octanol–water partition coefficient (Wildman–Crippen LogP) is 3.52. The van der Waals surface area contributed by atoms with E-state index in [1.54, 1.807) is 6.20 Å². The van der Waals surface area contributed by atoms with E-state index in [1.165, 1.54) is 0 Å². The van der Waals surface area contributed by atoms with E-state index >= 15 is 0 Å². The molecule has 1 N–H and O–H groups in total. The molecule has 1 atom stereocenters. The highest BCUT2D eigenvalue weighted by Gasteiger charge is 2.18. The van der Waals surface area contributed by atoms with Gasteiger partial charge in [-0.2, -0.15) is 0 Å². The molecular weight excluding hydrogens is 198 g/mol. The highest BCUT2D eigenvalue weighted by atomic mass is 16.3. The molecule has 0 saturated carbocycles. The molecule has 2 nitrogen and oxygen atoms in total. The van der Waals surface area contributed by atoms with Crippen molar-refractivity contribution in [3.8, 4) is 0 Å². The SMILES string of the molecule is [2H]C(O)(CCC)c1cc(C)c(C(C)(C)C)cn1. The van der Waals surface area contributed by atoms with Gasteiger partial charge in [0.25, 0.3) is 0 Å². The molecule has 0 radical (unpaired) electrons. The summed E-state index contributed by atoms with van der Waals surface area (Å²) in [5.41, 5.74) is 2.74. The van der Waals surface area contributed by atoms with Gasteiger partial charge in [0, 0.05) is 6.20 Å². The summed E-state index contributed by atoms with van der Waals surface area (Å²) in [4.78, 5) is 4.26. The minimum absolute atomic E-state index is 0.0422. The van der Waals surface area contributed by atoms with Gasteiger partial charge in [0.2, 0.25) is 0 Å². The molecule has 90 valence electrons. The first kappa shape index (κ1) is 11.6. The molecule has 2 heteroatoms. The van der Waals surface area contributed by atoms with Crippen molar-refractivity contribution in [2.75, 3.05) is 0 Å². The summed E-state index contributed by atoms with van der Waals surface area (Å²) in [6.45, 7) is 10.4. The molecule has 0 bridgehead atoms. The van der Waals surface area contributed by atoms with E-state index in [9.17, 15) is 5.11 Å². The Hall–Kier alpha value is -0.890. The first-order chi connectivity index (χ1) is 7.68. The number of pyridine rings is 1. The first-order valence-electron chi connectivity index (χ1n) is 6.38. The smallest absolute Gasteiger partial charge is 0.0959 e. The van der Waals surface area contributed by atoms with Crippen LogP contribution >= 0.6 is 0 Å². The number of hydrogen-bond donors (Lipinski definition) is 1. The molecule has 16 heavy (non-hydrogen) atoms. The summed E-state index contributed by atoms with van der Waals surface area (Å²) < 4.78 is 7.88. The van der Waals surface area contributed by atoms with Crippen molar-refractivity contribution in [3.05, 3.63) is 29.1 Å². The molecule has 1 rings (SSSR count). The third-order valence-corrected chi connectivity index (χ3v) is 2.70. The minimum atomic E-state index is -1.56. The van der Waals surface area contributed by atoms with Gasteiger partial charge in [-0.25, -0.2) is 0 Å². The van der Waals surface area contributed by atoms with Crippen molar-refractivity contribution in [1.29, 1.82) is 0 Å². The zero-order valence-electron chi connectivity index (χ0n) is 12.0. The number of rotatable bonds is 3. The van der Waals surface area contributed by atoms with Crippen molar-refractivity contribution in [2.24, 2.45) is 0 Å². The normalized spacial score (nSPS) is 16.8. The lowest BCUT2D eigenvalue weighted by Crippen LogP contribution is -2.14. The maximum Gasteiger partial charge on any atom is 0.0959 e. The maximum absolute atomic E-state index is 10.0. The van der Waals surface area contributed by atoms with Gasteiger partial charge in [0.15, 0.2) is 0 Å². The standard InChI is InChI=1S/C14H23NO/c1-6-7-13(16)12-8-10(2)11(9-15-12)14(3,4)5/h8-9,13,16H,6-7H2,1-5H3/i13D. The molecular formula is C14H23NO. The summed E-state index contributed by atoms with van der Waals surface area (Å²) in [6.07, 6.45) is 1.41. The van der Waals surface area contributed by atoms with Crippen molar-refractivity contribution >= 4 is 0 Å². The van der Waals surface area contributed by atoms with E-state index in [1.807, 2.05) is 19.9 Å². The second-order valence-electron chi connectivity index (χ2n) is 5.33. The molecule has 0 amide bonds. The Labute approximate surface area is 100 Å². The van der Waals surface area contributed by atoms with Crippen molar-refractivity contribution in [3.63, 3.8) is 0 Å². The van der Waals surface area contributed by atoms with Gasteiger partial charge in [0.05, 0.1) is 13.1 Å². The third kappa shape index (κ3) is 3.05. The number of aryl methyl sites for hydroxylation is 1. The fourth-order valence-corrected chi connectivity index (χ4v) is 1.86. The maximum atomic E-state index is 10.0. The zero-order valence-corrected chi connectivity index (χ0v) is 11.0. The van der Waals surface area contributed by atoms with Gasteiger partial charge in [-0.05, 0) is 36.0 Å². The Morgan fingerprint density at radius 2 is 2.12 bits per heavy atom. The van der Waals surface area contributed by atoms with Crippen LogP contribution in [0.25, 0.3) is 0 Å². The quantitative estimate of drug-likeness (QED) is 0.848. The number of aromatic nitrogens is 1. The third-order valence-electron chi connectivity index (χ3n) is 2.70. The van der Waals surface area contributed by atoms with Gasteiger partial charge < -0.3 is 5.11 Å². The van der Waals surface area contributed by atoms with Gasteiger partial charge in [-0.1, -0.05) is 34.1 Å². The molecule has 0 spiro atoms. The van der Waals surface area contributed by atoms with Crippen LogP contribution in [-0.4, -0.2) is 10.1 Å². The molecule has 1 unspecified atom stereocenters. The Kier molecular flexibility index (Phi) is 3.59. The van der Waals surface area contributed by atoms with Crippen LogP contribution in [0.3, 0.4) is 0 Å². The van der Waals surface area contributed by atoms with Crippen LogP contribution in [0.1, 0.15) is 64.8 Å². The van der Waals surface area contributed by atoms with Crippen LogP contribution < -0.4 is 0 Å². The van der Waals surface area contributed by atoms with Crippen molar-refractivity contribution in [2.45, 2.75) is 59.0 Å². The summed E-state index contributed by atoms with van der Waals surface area (Å²) in [5.74, 6) is 0. The summed E-state index contributed by atoms with van der Waals surface area (Å²) >= 11 is 0. The highest BCUT2D eigenvalue weighted by molar-refractivity contribution is 5.31. The van der Waals surface area contributed by atoms with Gasteiger partial charge >= 0.3 is 0 Å². The van der Waals surface area contributed by atoms with Gasteiger partial charge in [-0.15, -0.1) is 0 Å². The lowest BCUT2D eigenvalue weighted by Gasteiger charge is -2.22. The van der Waals surface area contributed by atoms with E-state index < -0.39 is 6.08 Å². The van der Waals surface area contributed by atoms with Crippen LogP contribution in [0.2, 0.25) is 0 Å². The van der Waals surface area contributed by atoms with E-state index in [-0.39, 0.29) is 5.41 Å². The molecule has 0 aliphatic heterocycles. The minimum Gasteiger partial charge on any atom is -0.387 e. The number of nitrogens with zero attached hydrogens (tertiary/aromatic N) is 1. The lowest BCUT2D eigenvalue weighted by molar-refractivity contribution is 0.161. The number of hydrogen-bond acceptors (Lipinski definition) is 2. The molecule has 1 aromatic heterocycles. The summed E-state index contributed by atoms with van der Waals surface area (Å²) in [7, 11) is 0. The second kappa shape index (κ2) is 4.96. The monoisotopic (exact) mass is 222 g/mol. The van der Waals surface area contributed by atoms with Crippen LogP contribution in [0.15, 0.2) is 12.3 Å². The first-order valence-corrected chi connectivity index (χ1v) is 5.88. The molecule has 0 aromatic carbocycles. The molecule has 1 aromatic rings. The predicted molar refractivity (Wildman–Crippen MR) is 67.5 cm³/mol.